The number of rotatable bonds is 3. The Kier molecular flexibility index (Phi) is 4.81. The Balaban J connectivity index is 1.55. The predicted molar refractivity (Wildman–Crippen MR) is 88.2 cm³/mol. The number of hydrogen-bond donors (Lipinski definition) is 0. The Morgan fingerprint density at radius 1 is 0.952 bits per heavy atom. The van der Waals surface area contributed by atoms with Crippen molar-refractivity contribution in [3.05, 3.63) is 29.8 Å². The van der Waals surface area contributed by atoms with Crippen LogP contribution in [0.15, 0.2) is 24.3 Å². The highest BCUT2D eigenvalue weighted by atomic mass is 16.5. The molecule has 0 N–H and O–H groups in total. The molecule has 1 aromatic carbocycles. The summed E-state index contributed by atoms with van der Waals surface area (Å²) in [6.07, 6.45) is 2.42. The second-order valence-corrected chi connectivity index (χ2v) is 6.61. The van der Waals surface area contributed by atoms with Crippen molar-refractivity contribution in [3.8, 4) is 0 Å². The minimum absolute atomic E-state index is 0.615. The molecule has 3 heteroatoms. The molecule has 116 valence electrons. The van der Waals surface area contributed by atoms with Crippen LogP contribution in [-0.4, -0.2) is 50.3 Å². The van der Waals surface area contributed by atoms with E-state index in [9.17, 15) is 0 Å². The van der Waals surface area contributed by atoms with Gasteiger partial charge in [-0.3, -0.25) is 4.90 Å². The van der Waals surface area contributed by atoms with Gasteiger partial charge in [-0.15, -0.1) is 0 Å². The van der Waals surface area contributed by atoms with Crippen molar-refractivity contribution in [1.29, 1.82) is 0 Å². The van der Waals surface area contributed by atoms with Gasteiger partial charge >= 0.3 is 0 Å². The minimum atomic E-state index is 0.615. The van der Waals surface area contributed by atoms with Gasteiger partial charge in [-0.05, 0) is 36.5 Å². The number of anilines is 1. The summed E-state index contributed by atoms with van der Waals surface area (Å²) in [5.74, 6) is 0.615. The molecule has 3 rings (SSSR count). The maximum atomic E-state index is 5.47. The van der Waals surface area contributed by atoms with Gasteiger partial charge in [0, 0.05) is 51.1 Å². The Bertz CT molecular complexity index is 429. The third kappa shape index (κ3) is 3.58. The molecular formula is C18H28N2O. The number of ether oxygens (including phenoxy) is 1. The normalized spacial score (nSPS) is 22.0. The second kappa shape index (κ2) is 6.80. The number of piperazine rings is 1. The predicted octanol–water partition coefficient (Wildman–Crippen LogP) is 3.11. The van der Waals surface area contributed by atoms with Crippen molar-refractivity contribution >= 4 is 5.69 Å². The van der Waals surface area contributed by atoms with Gasteiger partial charge in [0.25, 0.3) is 0 Å². The van der Waals surface area contributed by atoms with E-state index >= 15 is 0 Å². The first kappa shape index (κ1) is 14.9. The van der Waals surface area contributed by atoms with E-state index in [0.29, 0.717) is 5.92 Å². The summed E-state index contributed by atoms with van der Waals surface area (Å²) >= 11 is 0. The van der Waals surface area contributed by atoms with Crippen molar-refractivity contribution in [2.75, 3.05) is 44.3 Å². The van der Waals surface area contributed by atoms with Crippen LogP contribution in [0.5, 0.6) is 0 Å². The largest absolute Gasteiger partial charge is 0.381 e. The standard InChI is InChI=1S/C18H28N2O/c1-15(2)16-3-5-17(6-4-16)19-9-11-20(12-10-19)18-7-13-21-14-8-18/h3-6,15,18H,7-14H2,1-2H3. The van der Waals surface area contributed by atoms with Crippen LogP contribution < -0.4 is 4.90 Å². The average Bonchev–Trinajstić information content (AvgIpc) is 2.56. The molecule has 0 radical (unpaired) electrons. The molecule has 2 aliphatic heterocycles. The topological polar surface area (TPSA) is 15.7 Å². The zero-order chi connectivity index (χ0) is 14.7. The summed E-state index contributed by atoms with van der Waals surface area (Å²) in [7, 11) is 0. The summed E-state index contributed by atoms with van der Waals surface area (Å²) in [5.41, 5.74) is 2.81. The van der Waals surface area contributed by atoms with Crippen molar-refractivity contribution in [2.24, 2.45) is 0 Å². The molecule has 2 saturated heterocycles. The van der Waals surface area contributed by atoms with Crippen molar-refractivity contribution < 1.29 is 4.74 Å². The number of nitrogens with zero attached hydrogens (tertiary/aromatic N) is 2. The fraction of sp³-hybridized carbons (Fsp3) is 0.667. The van der Waals surface area contributed by atoms with E-state index < -0.39 is 0 Å². The van der Waals surface area contributed by atoms with Crippen LogP contribution in [0.2, 0.25) is 0 Å². The molecule has 0 aliphatic carbocycles. The fourth-order valence-corrected chi connectivity index (χ4v) is 3.47. The van der Waals surface area contributed by atoms with Crippen LogP contribution in [-0.2, 0) is 4.74 Å². The van der Waals surface area contributed by atoms with Gasteiger partial charge in [0.15, 0.2) is 0 Å². The van der Waals surface area contributed by atoms with Gasteiger partial charge in [0.1, 0.15) is 0 Å². The van der Waals surface area contributed by atoms with Gasteiger partial charge < -0.3 is 9.64 Å². The van der Waals surface area contributed by atoms with Crippen LogP contribution in [0.25, 0.3) is 0 Å². The van der Waals surface area contributed by atoms with E-state index in [0.717, 1.165) is 32.3 Å². The van der Waals surface area contributed by atoms with E-state index in [2.05, 4.69) is 47.9 Å². The van der Waals surface area contributed by atoms with Gasteiger partial charge in [-0.1, -0.05) is 26.0 Å². The number of benzene rings is 1. The SMILES string of the molecule is CC(C)c1ccc(N2CCN(C3CCOCC3)CC2)cc1. The lowest BCUT2D eigenvalue weighted by atomic mass is 10.0. The van der Waals surface area contributed by atoms with Gasteiger partial charge in [-0.25, -0.2) is 0 Å². The molecule has 2 heterocycles. The second-order valence-electron chi connectivity index (χ2n) is 6.61. The highest BCUT2D eigenvalue weighted by molar-refractivity contribution is 5.48. The summed E-state index contributed by atoms with van der Waals surface area (Å²) in [5, 5.41) is 0. The van der Waals surface area contributed by atoms with Crippen LogP contribution in [0.3, 0.4) is 0 Å². The van der Waals surface area contributed by atoms with Crippen LogP contribution in [0.1, 0.15) is 38.2 Å². The Morgan fingerprint density at radius 2 is 1.57 bits per heavy atom. The molecular weight excluding hydrogens is 260 g/mol. The molecule has 0 unspecified atom stereocenters. The lowest BCUT2D eigenvalue weighted by molar-refractivity contribution is 0.0321. The van der Waals surface area contributed by atoms with E-state index in [1.165, 1.54) is 37.2 Å². The smallest absolute Gasteiger partial charge is 0.0480 e. The first-order valence-electron chi connectivity index (χ1n) is 8.41. The molecule has 0 aromatic heterocycles. The van der Waals surface area contributed by atoms with Crippen LogP contribution in [0, 0.1) is 0 Å². The van der Waals surface area contributed by atoms with Gasteiger partial charge in [-0.2, -0.15) is 0 Å². The molecule has 21 heavy (non-hydrogen) atoms. The third-order valence-electron chi connectivity index (χ3n) is 4.95. The summed E-state index contributed by atoms with van der Waals surface area (Å²) in [6, 6.07) is 9.90. The van der Waals surface area contributed by atoms with Crippen molar-refractivity contribution in [1.82, 2.24) is 4.90 Å². The maximum absolute atomic E-state index is 5.47. The lowest BCUT2D eigenvalue weighted by Gasteiger charge is -2.41. The zero-order valence-corrected chi connectivity index (χ0v) is 13.4. The van der Waals surface area contributed by atoms with E-state index in [1.807, 2.05) is 0 Å². The fourth-order valence-electron chi connectivity index (χ4n) is 3.47. The van der Waals surface area contributed by atoms with Gasteiger partial charge in [0.2, 0.25) is 0 Å². The Labute approximate surface area is 128 Å². The van der Waals surface area contributed by atoms with Crippen molar-refractivity contribution in [2.45, 2.75) is 38.6 Å². The molecule has 0 bridgehead atoms. The van der Waals surface area contributed by atoms with Crippen molar-refractivity contribution in [3.63, 3.8) is 0 Å². The van der Waals surface area contributed by atoms with E-state index in [-0.39, 0.29) is 0 Å². The monoisotopic (exact) mass is 288 g/mol. The van der Waals surface area contributed by atoms with E-state index in [4.69, 9.17) is 4.74 Å². The molecule has 2 fully saturated rings. The highest BCUT2D eigenvalue weighted by Crippen LogP contribution is 2.23. The lowest BCUT2D eigenvalue weighted by Crippen LogP contribution is -2.51. The van der Waals surface area contributed by atoms with Gasteiger partial charge in [0.05, 0.1) is 0 Å². The first-order valence-corrected chi connectivity index (χ1v) is 8.41. The maximum Gasteiger partial charge on any atom is 0.0480 e. The van der Waals surface area contributed by atoms with E-state index in [1.54, 1.807) is 0 Å². The zero-order valence-electron chi connectivity index (χ0n) is 13.4. The summed E-state index contributed by atoms with van der Waals surface area (Å²) in [6.45, 7) is 11.1. The number of hydrogen-bond acceptors (Lipinski definition) is 3. The molecule has 2 aliphatic rings. The molecule has 0 atom stereocenters. The quantitative estimate of drug-likeness (QED) is 0.850. The summed E-state index contributed by atoms with van der Waals surface area (Å²) in [4.78, 5) is 5.20. The third-order valence-corrected chi connectivity index (χ3v) is 4.95. The Morgan fingerprint density at radius 3 is 2.14 bits per heavy atom. The molecule has 3 nitrogen and oxygen atoms in total. The van der Waals surface area contributed by atoms with Crippen LogP contribution >= 0.6 is 0 Å². The first-order chi connectivity index (χ1) is 10.2. The average molecular weight is 288 g/mol. The van der Waals surface area contributed by atoms with Crippen LogP contribution in [0.4, 0.5) is 5.69 Å². The molecule has 0 spiro atoms. The molecule has 0 saturated carbocycles. The molecule has 1 aromatic rings. The molecule has 0 amide bonds. The minimum Gasteiger partial charge on any atom is -0.381 e. The summed E-state index contributed by atoms with van der Waals surface area (Å²) < 4.78 is 5.47. The Hall–Kier alpha value is -1.06. The highest BCUT2D eigenvalue weighted by Gasteiger charge is 2.25.